The highest BCUT2D eigenvalue weighted by Gasteiger charge is 2.43. The number of carbonyl (C=O) groups is 2. The van der Waals surface area contributed by atoms with Gasteiger partial charge in [-0.25, -0.2) is 4.39 Å². The van der Waals surface area contributed by atoms with E-state index in [0.29, 0.717) is 11.1 Å². The number of halogens is 1. The number of likely N-dealkylation sites (N-methyl/N-ethyl adjacent to an activating group) is 1. The van der Waals surface area contributed by atoms with Gasteiger partial charge in [-0.3, -0.25) is 9.59 Å². The number of fused-ring (bicyclic) bond motifs is 1. The van der Waals surface area contributed by atoms with Crippen molar-refractivity contribution in [2.75, 3.05) is 7.05 Å². The van der Waals surface area contributed by atoms with Crippen molar-refractivity contribution in [3.8, 4) is 0 Å². The Balaban J connectivity index is 2.24. The van der Waals surface area contributed by atoms with Crippen molar-refractivity contribution in [2.45, 2.75) is 12.0 Å². The largest absolute Gasteiger partial charge is 0.481 e. The van der Waals surface area contributed by atoms with Gasteiger partial charge < -0.3 is 10.0 Å². The molecule has 0 aromatic heterocycles. The van der Waals surface area contributed by atoms with Crippen molar-refractivity contribution in [3.05, 3.63) is 71.0 Å². The molecule has 1 aliphatic rings. The van der Waals surface area contributed by atoms with Crippen molar-refractivity contribution in [1.82, 2.24) is 4.90 Å². The number of amides is 1. The van der Waals surface area contributed by atoms with E-state index < -0.39 is 23.7 Å². The molecule has 112 valence electrons. The monoisotopic (exact) mass is 299 g/mol. The molecule has 2 aromatic carbocycles. The Kier molecular flexibility index (Phi) is 3.41. The Morgan fingerprint density at radius 3 is 2.32 bits per heavy atom. The fourth-order valence-corrected chi connectivity index (χ4v) is 3.04. The first-order valence-electron chi connectivity index (χ1n) is 6.85. The summed E-state index contributed by atoms with van der Waals surface area (Å²) in [7, 11) is 1.51. The quantitative estimate of drug-likeness (QED) is 0.927. The average Bonchev–Trinajstić information content (AvgIpc) is 2.51. The van der Waals surface area contributed by atoms with Gasteiger partial charge in [-0.15, -0.1) is 0 Å². The predicted molar refractivity (Wildman–Crippen MR) is 78.1 cm³/mol. The second-order valence-electron chi connectivity index (χ2n) is 5.29. The van der Waals surface area contributed by atoms with Gasteiger partial charge in [0.1, 0.15) is 11.7 Å². The molecule has 1 amide bonds. The first-order valence-corrected chi connectivity index (χ1v) is 6.85. The molecular formula is C17H14FNO3. The van der Waals surface area contributed by atoms with Gasteiger partial charge in [0, 0.05) is 18.2 Å². The lowest BCUT2D eigenvalue weighted by atomic mass is 9.80. The van der Waals surface area contributed by atoms with E-state index in [0.717, 1.165) is 0 Å². The molecular weight excluding hydrogens is 285 g/mol. The fraction of sp³-hybridized carbons (Fsp3) is 0.176. The molecule has 1 heterocycles. The topological polar surface area (TPSA) is 57.6 Å². The van der Waals surface area contributed by atoms with Crippen molar-refractivity contribution < 1.29 is 19.1 Å². The lowest BCUT2D eigenvalue weighted by Crippen LogP contribution is -2.42. The van der Waals surface area contributed by atoms with E-state index in [9.17, 15) is 19.1 Å². The zero-order valence-corrected chi connectivity index (χ0v) is 11.9. The number of hydrogen-bond acceptors (Lipinski definition) is 2. The zero-order chi connectivity index (χ0) is 15.9. The molecule has 0 radical (unpaired) electrons. The van der Waals surface area contributed by atoms with Crippen LogP contribution in [-0.4, -0.2) is 28.9 Å². The molecule has 1 aliphatic heterocycles. The number of carboxylic acid groups (broad SMARTS) is 1. The molecule has 22 heavy (non-hydrogen) atoms. The van der Waals surface area contributed by atoms with Crippen molar-refractivity contribution in [1.29, 1.82) is 0 Å². The molecule has 4 nitrogen and oxygen atoms in total. The third-order valence-corrected chi connectivity index (χ3v) is 4.07. The lowest BCUT2D eigenvalue weighted by Gasteiger charge is -2.38. The highest BCUT2D eigenvalue weighted by molar-refractivity contribution is 6.00. The normalized spacial score (nSPS) is 20.6. The number of benzene rings is 2. The van der Waals surface area contributed by atoms with Crippen LogP contribution in [0.2, 0.25) is 0 Å². The molecule has 3 rings (SSSR count). The van der Waals surface area contributed by atoms with Crippen LogP contribution in [0, 0.1) is 5.82 Å². The lowest BCUT2D eigenvalue weighted by molar-refractivity contribution is -0.140. The highest BCUT2D eigenvalue weighted by Crippen LogP contribution is 2.42. The molecule has 0 fully saturated rings. The third kappa shape index (κ3) is 2.06. The average molecular weight is 299 g/mol. The number of carboxylic acids is 1. The Morgan fingerprint density at radius 2 is 1.68 bits per heavy atom. The summed E-state index contributed by atoms with van der Waals surface area (Å²) in [4.78, 5) is 25.6. The summed E-state index contributed by atoms with van der Waals surface area (Å²) in [6, 6.07) is 11.7. The minimum atomic E-state index is -1.08. The summed E-state index contributed by atoms with van der Waals surface area (Å²) < 4.78 is 14.2. The van der Waals surface area contributed by atoms with Gasteiger partial charge in [0.15, 0.2) is 0 Å². The zero-order valence-electron chi connectivity index (χ0n) is 11.9. The van der Waals surface area contributed by atoms with Crippen molar-refractivity contribution in [3.63, 3.8) is 0 Å². The van der Waals surface area contributed by atoms with Crippen LogP contribution in [0.15, 0.2) is 48.5 Å². The summed E-state index contributed by atoms with van der Waals surface area (Å²) in [6.07, 6.45) is 0. The molecule has 1 N–H and O–H groups in total. The van der Waals surface area contributed by atoms with Crippen LogP contribution in [0.1, 0.15) is 33.4 Å². The smallest absolute Gasteiger partial charge is 0.313 e. The van der Waals surface area contributed by atoms with Gasteiger partial charge in [0.2, 0.25) is 0 Å². The van der Waals surface area contributed by atoms with Crippen LogP contribution < -0.4 is 0 Å². The first-order chi connectivity index (χ1) is 10.5. The molecule has 0 aliphatic carbocycles. The summed E-state index contributed by atoms with van der Waals surface area (Å²) in [6.45, 7) is 0. The predicted octanol–water partition coefficient (Wildman–Crippen LogP) is 2.82. The third-order valence-electron chi connectivity index (χ3n) is 4.07. The highest BCUT2D eigenvalue weighted by atomic mass is 19.1. The maximum absolute atomic E-state index is 14.2. The SMILES string of the molecule is CN1C(=O)c2ccccc2C(C(=O)O)C1c1ccccc1F. The molecule has 0 spiro atoms. The molecule has 0 bridgehead atoms. The number of carbonyl (C=O) groups excluding carboxylic acids is 1. The minimum absolute atomic E-state index is 0.209. The number of rotatable bonds is 2. The molecule has 0 saturated carbocycles. The van der Waals surface area contributed by atoms with E-state index in [2.05, 4.69) is 0 Å². The maximum atomic E-state index is 14.2. The van der Waals surface area contributed by atoms with E-state index in [1.165, 1.54) is 30.1 Å². The minimum Gasteiger partial charge on any atom is -0.481 e. The van der Waals surface area contributed by atoms with E-state index in [1.54, 1.807) is 30.3 Å². The van der Waals surface area contributed by atoms with Gasteiger partial charge >= 0.3 is 5.97 Å². The standard InChI is InChI=1S/C17H14FNO3/c1-19-15(12-8-4-5-9-13(12)18)14(17(21)22)10-6-2-3-7-11(10)16(19)20/h2-9,14-15H,1H3,(H,21,22). The number of hydrogen-bond donors (Lipinski definition) is 1. The molecule has 2 atom stereocenters. The van der Waals surface area contributed by atoms with Gasteiger partial charge in [-0.2, -0.15) is 0 Å². The van der Waals surface area contributed by atoms with Crippen molar-refractivity contribution in [2.24, 2.45) is 0 Å². The number of nitrogens with zero attached hydrogens (tertiary/aromatic N) is 1. The van der Waals surface area contributed by atoms with Crippen LogP contribution in [-0.2, 0) is 4.79 Å². The van der Waals surface area contributed by atoms with Crippen LogP contribution in [0.5, 0.6) is 0 Å². The van der Waals surface area contributed by atoms with Crippen LogP contribution in [0.3, 0.4) is 0 Å². The van der Waals surface area contributed by atoms with Crippen molar-refractivity contribution >= 4 is 11.9 Å². The van der Waals surface area contributed by atoms with Gasteiger partial charge in [0.25, 0.3) is 5.91 Å². The Hall–Kier alpha value is -2.69. The first kappa shape index (κ1) is 14.3. The number of aliphatic carboxylic acids is 1. The fourth-order valence-electron chi connectivity index (χ4n) is 3.04. The summed E-state index contributed by atoms with van der Waals surface area (Å²) in [5, 5.41) is 9.65. The van der Waals surface area contributed by atoms with Crippen LogP contribution in [0.25, 0.3) is 0 Å². The summed E-state index contributed by atoms with van der Waals surface area (Å²) in [5.74, 6) is -2.91. The molecule has 2 aromatic rings. The van der Waals surface area contributed by atoms with E-state index in [1.807, 2.05) is 0 Å². The van der Waals surface area contributed by atoms with Gasteiger partial charge in [0.05, 0.1) is 6.04 Å². The van der Waals surface area contributed by atoms with Crippen LogP contribution >= 0.6 is 0 Å². The Morgan fingerprint density at radius 1 is 1.09 bits per heavy atom. The Labute approximate surface area is 126 Å². The van der Waals surface area contributed by atoms with Gasteiger partial charge in [-0.05, 0) is 17.7 Å². The second kappa shape index (κ2) is 5.26. The second-order valence-corrected chi connectivity index (χ2v) is 5.29. The van der Waals surface area contributed by atoms with Gasteiger partial charge in [-0.1, -0.05) is 36.4 Å². The van der Waals surface area contributed by atoms with E-state index in [-0.39, 0.29) is 11.5 Å². The van der Waals surface area contributed by atoms with Crippen LogP contribution in [0.4, 0.5) is 4.39 Å². The summed E-state index contributed by atoms with van der Waals surface area (Å²) >= 11 is 0. The summed E-state index contributed by atoms with van der Waals surface area (Å²) in [5.41, 5.74) is 0.983. The Bertz CT molecular complexity index is 759. The van der Waals surface area contributed by atoms with E-state index >= 15 is 0 Å². The molecule has 2 unspecified atom stereocenters. The molecule has 0 saturated heterocycles. The maximum Gasteiger partial charge on any atom is 0.313 e. The molecule has 5 heteroatoms. The van der Waals surface area contributed by atoms with E-state index in [4.69, 9.17) is 0 Å².